The molecule has 0 saturated heterocycles. The average molecular weight is 239 g/mol. The van der Waals surface area contributed by atoms with Crippen LogP contribution in [0.15, 0.2) is 60.7 Å². The molecule has 0 spiro atoms. The number of nitrogens with one attached hydrogen (secondary N) is 1. The highest BCUT2D eigenvalue weighted by atomic mass is 16.5. The van der Waals surface area contributed by atoms with E-state index in [0.717, 1.165) is 23.5 Å². The molecule has 0 aromatic heterocycles. The minimum absolute atomic E-state index is 0.807. The van der Waals surface area contributed by atoms with Crippen LogP contribution in [0.1, 0.15) is 5.56 Å². The quantitative estimate of drug-likeness (QED) is 0.856. The van der Waals surface area contributed by atoms with Crippen molar-refractivity contribution in [1.29, 1.82) is 0 Å². The highest BCUT2D eigenvalue weighted by Crippen LogP contribution is 2.13. The first-order chi connectivity index (χ1) is 8.88. The van der Waals surface area contributed by atoms with Crippen molar-refractivity contribution in [2.45, 2.75) is 0 Å². The molecule has 0 aliphatic carbocycles. The number of hydrogen-bond acceptors (Lipinski definition) is 2. The second-order valence-electron chi connectivity index (χ2n) is 3.93. The molecule has 0 bridgehead atoms. The number of hydrogen-bond donors (Lipinski definition) is 1. The largest absolute Gasteiger partial charge is 0.497 e. The molecular formula is C16H17NO. The van der Waals surface area contributed by atoms with Crippen LogP contribution in [-0.4, -0.2) is 13.7 Å². The molecule has 0 heterocycles. The van der Waals surface area contributed by atoms with Crippen molar-refractivity contribution < 1.29 is 4.74 Å². The van der Waals surface area contributed by atoms with Gasteiger partial charge in [0, 0.05) is 12.2 Å². The van der Waals surface area contributed by atoms with E-state index in [2.05, 4.69) is 35.7 Å². The highest BCUT2D eigenvalue weighted by molar-refractivity contribution is 5.53. The van der Waals surface area contributed by atoms with Crippen molar-refractivity contribution in [3.05, 3.63) is 66.2 Å². The van der Waals surface area contributed by atoms with Gasteiger partial charge in [-0.2, -0.15) is 0 Å². The van der Waals surface area contributed by atoms with Gasteiger partial charge < -0.3 is 10.1 Å². The maximum absolute atomic E-state index is 5.18. The molecule has 0 amide bonds. The summed E-state index contributed by atoms with van der Waals surface area (Å²) < 4.78 is 5.18. The number of para-hydroxylation sites is 1. The number of anilines is 1. The Balaban J connectivity index is 1.87. The minimum atomic E-state index is 0.807. The molecule has 0 aliphatic heterocycles. The number of methoxy groups -OCH3 is 1. The van der Waals surface area contributed by atoms with Crippen molar-refractivity contribution >= 4 is 11.8 Å². The zero-order valence-corrected chi connectivity index (χ0v) is 10.5. The van der Waals surface area contributed by atoms with Crippen molar-refractivity contribution in [3.8, 4) is 5.75 Å². The van der Waals surface area contributed by atoms with Gasteiger partial charge in [0.2, 0.25) is 0 Å². The van der Waals surface area contributed by atoms with Gasteiger partial charge in [-0.15, -0.1) is 0 Å². The van der Waals surface area contributed by atoms with Crippen LogP contribution in [0.25, 0.3) is 6.08 Å². The van der Waals surface area contributed by atoms with Gasteiger partial charge in [-0.3, -0.25) is 0 Å². The van der Waals surface area contributed by atoms with E-state index in [1.807, 2.05) is 36.4 Å². The topological polar surface area (TPSA) is 21.3 Å². The van der Waals surface area contributed by atoms with Gasteiger partial charge >= 0.3 is 0 Å². The Kier molecular flexibility index (Phi) is 4.42. The van der Waals surface area contributed by atoms with Gasteiger partial charge in [-0.1, -0.05) is 42.5 Å². The maximum atomic E-state index is 5.18. The van der Waals surface area contributed by atoms with Crippen molar-refractivity contribution in [3.63, 3.8) is 0 Å². The van der Waals surface area contributed by atoms with Crippen molar-refractivity contribution in [2.24, 2.45) is 0 Å². The summed E-state index contributed by atoms with van der Waals surface area (Å²) in [6, 6.07) is 18.2. The lowest BCUT2D eigenvalue weighted by Crippen LogP contribution is -1.97. The molecular weight excluding hydrogens is 222 g/mol. The van der Waals surface area contributed by atoms with Gasteiger partial charge in [0.1, 0.15) is 5.75 Å². The Bertz CT molecular complexity index is 506. The number of rotatable bonds is 5. The summed E-state index contributed by atoms with van der Waals surface area (Å²) in [5.41, 5.74) is 2.28. The maximum Gasteiger partial charge on any atom is 0.119 e. The molecule has 18 heavy (non-hydrogen) atoms. The average Bonchev–Trinajstić information content (AvgIpc) is 2.45. The fraction of sp³-hybridized carbons (Fsp3) is 0.125. The fourth-order valence-electron chi connectivity index (χ4n) is 1.67. The van der Waals surface area contributed by atoms with Crippen molar-refractivity contribution in [2.75, 3.05) is 19.0 Å². The molecule has 0 unspecified atom stereocenters. The summed E-state index contributed by atoms with van der Waals surface area (Å²) in [6.45, 7) is 0.807. The second kappa shape index (κ2) is 6.50. The van der Waals surface area contributed by atoms with Crippen molar-refractivity contribution in [1.82, 2.24) is 0 Å². The summed E-state index contributed by atoms with van der Waals surface area (Å²) in [4.78, 5) is 0. The van der Waals surface area contributed by atoms with E-state index < -0.39 is 0 Å². The minimum Gasteiger partial charge on any atom is -0.497 e. The molecule has 2 rings (SSSR count). The zero-order chi connectivity index (χ0) is 12.6. The summed E-state index contributed by atoms with van der Waals surface area (Å²) >= 11 is 0. The van der Waals surface area contributed by atoms with E-state index >= 15 is 0 Å². The number of benzene rings is 2. The summed E-state index contributed by atoms with van der Waals surface area (Å²) in [5.74, 6) is 0.883. The van der Waals surface area contributed by atoms with Crippen LogP contribution in [0.2, 0.25) is 0 Å². The SMILES string of the molecule is COc1cccc(/C=C/CNc2ccccc2)c1. The fourth-order valence-corrected chi connectivity index (χ4v) is 1.67. The molecule has 2 aromatic rings. The first-order valence-corrected chi connectivity index (χ1v) is 5.98. The van der Waals surface area contributed by atoms with Gasteiger partial charge in [0.25, 0.3) is 0 Å². The molecule has 0 fully saturated rings. The van der Waals surface area contributed by atoms with Crippen LogP contribution in [0.5, 0.6) is 5.75 Å². The van der Waals surface area contributed by atoms with Crippen LogP contribution < -0.4 is 10.1 Å². The van der Waals surface area contributed by atoms with Crippen LogP contribution in [-0.2, 0) is 0 Å². The van der Waals surface area contributed by atoms with Gasteiger partial charge in [0.15, 0.2) is 0 Å². The van der Waals surface area contributed by atoms with E-state index in [1.165, 1.54) is 0 Å². The zero-order valence-electron chi connectivity index (χ0n) is 10.5. The highest BCUT2D eigenvalue weighted by Gasteiger charge is 1.91. The lowest BCUT2D eigenvalue weighted by molar-refractivity contribution is 0.414. The third kappa shape index (κ3) is 3.67. The Morgan fingerprint density at radius 3 is 2.67 bits per heavy atom. The first kappa shape index (κ1) is 12.2. The molecule has 0 saturated carbocycles. The van der Waals surface area contributed by atoms with Gasteiger partial charge in [-0.25, -0.2) is 0 Å². The van der Waals surface area contributed by atoms with Crippen LogP contribution in [0.4, 0.5) is 5.69 Å². The molecule has 2 heteroatoms. The van der Waals surface area contributed by atoms with Gasteiger partial charge in [-0.05, 0) is 29.8 Å². The predicted molar refractivity (Wildman–Crippen MR) is 77.0 cm³/mol. The first-order valence-electron chi connectivity index (χ1n) is 5.98. The molecule has 0 radical (unpaired) electrons. The van der Waals surface area contributed by atoms with E-state index in [4.69, 9.17) is 4.74 Å². The lowest BCUT2D eigenvalue weighted by atomic mass is 10.2. The Labute approximate surface area is 108 Å². The predicted octanol–water partition coefficient (Wildman–Crippen LogP) is 3.82. The molecule has 2 aromatic carbocycles. The van der Waals surface area contributed by atoms with Crippen LogP contribution in [0, 0.1) is 0 Å². The molecule has 0 aliphatic rings. The smallest absolute Gasteiger partial charge is 0.119 e. The van der Waals surface area contributed by atoms with Gasteiger partial charge in [0.05, 0.1) is 7.11 Å². The molecule has 2 nitrogen and oxygen atoms in total. The second-order valence-corrected chi connectivity index (χ2v) is 3.93. The Hall–Kier alpha value is -2.22. The van der Waals surface area contributed by atoms with E-state index in [9.17, 15) is 0 Å². The summed E-state index contributed by atoms with van der Waals surface area (Å²) in [5, 5.41) is 3.33. The van der Waals surface area contributed by atoms with Crippen LogP contribution in [0.3, 0.4) is 0 Å². The van der Waals surface area contributed by atoms with E-state index in [-0.39, 0.29) is 0 Å². The van der Waals surface area contributed by atoms with Crippen LogP contribution >= 0.6 is 0 Å². The third-order valence-electron chi connectivity index (χ3n) is 2.60. The normalized spacial score (nSPS) is 10.5. The molecule has 1 N–H and O–H groups in total. The Morgan fingerprint density at radius 1 is 1.06 bits per heavy atom. The standard InChI is InChI=1S/C16H17NO/c1-18-16-11-5-7-14(13-16)8-6-12-17-15-9-3-2-4-10-15/h2-11,13,17H,12H2,1H3/b8-6+. The molecule has 0 atom stereocenters. The Morgan fingerprint density at radius 2 is 1.89 bits per heavy atom. The number of ether oxygens (including phenoxy) is 1. The third-order valence-corrected chi connectivity index (χ3v) is 2.60. The lowest BCUT2D eigenvalue weighted by Gasteiger charge is -2.02. The summed E-state index contributed by atoms with van der Waals surface area (Å²) in [6.07, 6.45) is 4.18. The van der Waals surface area contributed by atoms with E-state index in [0.29, 0.717) is 0 Å². The molecule has 92 valence electrons. The van der Waals surface area contributed by atoms with E-state index in [1.54, 1.807) is 7.11 Å². The monoisotopic (exact) mass is 239 g/mol. The summed E-state index contributed by atoms with van der Waals surface area (Å²) in [7, 11) is 1.68.